The molecule has 1 aliphatic carbocycles. The third-order valence-electron chi connectivity index (χ3n) is 3.13. The van der Waals surface area contributed by atoms with Crippen molar-refractivity contribution in [1.82, 2.24) is 9.55 Å². The summed E-state index contributed by atoms with van der Waals surface area (Å²) in [5.41, 5.74) is -0.0813. The molecule has 0 aliphatic heterocycles. The lowest BCUT2D eigenvalue weighted by molar-refractivity contribution is 0.259. The lowest BCUT2D eigenvalue weighted by Crippen LogP contribution is -2.32. The Balaban J connectivity index is 2.12. The summed E-state index contributed by atoms with van der Waals surface area (Å²) >= 11 is 0. The summed E-state index contributed by atoms with van der Waals surface area (Å²) in [6.07, 6.45) is 6.33. The summed E-state index contributed by atoms with van der Waals surface area (Å²) < 4.78 is 1.74. The molecule has 5 nitrogen and oxygen atoms in total. The van der Waals surface area contributed by atoms with Crippen molar-refractivity contribution in [1.29, 1.82) is 0 Å². The van der Waals surface area contributed by atoms with Crippen molar-refractivity contribution in [2.75, 3.05) is 11.9 Å². The molecule has 1 aliphatic rings. The lowest BCUT2D eigenvalue weighted by atomic mass is 10.0. The largest absolute Gasteiger partial charge is 0.394 e. The van der Waals surface area contributed by atoms with E-state index >= 15 is 0 Å². The van der Waals surface area contributed by atoms with Gasteiger partial charge < -0.3 is 15.0 Å². The van der Waals surface area contributed by atoms with Crippen LogP contribution in [-0.2, 0) is 0 Å². The van der Waals surface area contributed by atoms with E-state index < -0.39 is 0 Å². The van der Waals surface area contributed by atoms with E-state index in [2.05, 4.69) is 24.1 Å². The molecule has 1 saturated carbocycles. The van der Waals surface area contributed by atoms with Crippen molar-refractivity contribution >= 4 is 5.82 Å². The first kappa shape index (κ1) is 13.1. The summed E-state index contributed by atoms with van der Waals surface area (Å²) in [6, 6.07) is 0.235. The van der Waals surface area contributed by atoms with Gasteiger partial charge in [-0.05, 0) is 25.2 Å². The van der Waals surface area contributed by atoms with Crippen molar-refractivity contribution < 1.29 is 5.11 Å². The van der Waals surface area contributed by atoms with E-state index in [0.717, 1.165) is 19.3 Å². The number of hydrogen-bond donors (Lipinski definition) is 2. The molecule has 5 heteroatoms. The molecular weight excluding hydrogens is 230 g/mol. The van der Waals surface area contributed by atoms with E-state index in [9.17, 15) is 9.90 Å². The van der Waals surface area contributed by atoms with Crippen molar-refractivity contribution in [2.45, 2.75) is 45.2 Å². The summed E-state index contributed by atoms with van der Waals surface area (Å²) in [7, 11) is 0. The fourth-order valence-electron chi connectivity index (χ4n) is 2.11. The third-order valence-corrected chi connectivity index (χ3v) is 3.13. The minimum atomic E-state index is -0.111. The Bertz CT molecular complexity index is 452. The predicted molar refractivity (Wildman–Crippen MR) is 70.7 cm³/mol. The van der Waals surface area contributed by atoms with E-state index in [0.29, 0.717) is 17.8 Å². The second-order valence-corrected chi connectivity index (χ2v) is 5.37. The fraction of sp³-hybridized carbons (Fsp3) is 0.692. The number of nitrogens with zero attached hydrogens (tertiary/aromatic N) is 2. The molecule has 1 heterocycles. The maximum atomic E-state index is 12.1. The van der Waals surface area contributed by atoms with Gasteiger partial charge in [0.15, 0.2) is 5.82 Å². The van der Waals surface area contributed by atoms with Crippen molar-refractivity contribution in [2.24, 2.45) is 5.92 Å². The number of aliphatic hydroxyl groups is 1. The molecule has 0 radical (unpaired) electrons. The molecule has 1 unspecified atom stereocenters. The van der Waals surface area contributed by atoms with Crippen LogP contribution in [0.3, 0.4) is 0 Å². The molecule has 1 aromatic heterocycles. The number of hydrogen-bond acceptors (Lipinski definition) is 4. The van der Waals surface area contributed by atoms with E-state index in [4.69, 9.17) is 0 Å². The van der Waals surface area contributed by atoms with Crippen LogP contribution in [0, 0.1) is 5.92 Å². The quantitative estimate of drug-likeness (QED) is 0.802. The normalized spacial score (nSPS) is 16.9. The maximum absolute atomic E-state index is 12.1. The van der Waals surface area contributed by atoms with Crippen LogP contribution in [0.4, 0.5) is 5.82 Å². The topological polar surface area (TPSA) is 67.2 Å². The molecular formula is C13H21N3O2. The fourth-order valence-corrected chi connectivity index (χ4v) is 2.11. The van der Waals surface area contributed by atoms with Gasteiger partial charge in [0.05, 0.1) is 12.6 Å². The van der Waals surface area contributed by atoms with E-state index in [-0.39, 0.29) is 18.2 Å². The lowest BCUT2D eigenvalue weighted by Gasteiger charge is -2.18. The van der Waals surface area contributed by atoms with Crippen LogP contribution in [0.5, 0.6) is 0 Å². The van der Waals surface area contributed by atoms with E-state index in [1.807, 2.05) is 0 Å². The molecule has 2 rings (SSSR count). The first-order chi connectivity index (χ1) is 8.61. The van der Waals surface area contributed by atoms with Crippen LogP contribution in [0.15, 0.2) is 17.2 Å². The van der Waals surface area contributed by atoms with Gasteiger partial charge in [-0.15, -0.1) is 0 Å². The Labute approximate surface area is 107 Å². The van der Waals surface area contributed by atoms with Gasteiger partial charge in [-0.25, -0.2) is 4.98 Å². The first-order valence-electron chi connectivity index (χ1n) is 6.56. The Morgan fingerprint density at radius 2 is 2.28 bits per heavy atom. The predicted octanol–water partition coefficient (Wildman–Crippen LogP) is 1.40. The Morgan fingerprint density at radius 3 is 2.83 bits per heavy atom. The number of aliphatic hydroxyl groups excluding tert-OH is 1. The highest BCUT2D eigenvalue weighted by Gasteiger charge is 2.25. The molecule has 0 bridgehead atoms. The Morgan fingerprint density at radius 1 is 1.56 bits per heavy atom. The monoisotopic (exact) mass is 251 g/mol. The SMILES string of the molecule is CC(C)CC(CO)Nc1nccn(C2CC2)c1=O. The maximum Gasteiger partial charge on any atom is 0.293 e. The number of aromatic nitrogens is 2. The van der Waals surface area contributed by atoms with Crippen LogP contribution < -0.4 is 10.9 Å². The van der Waals surface area contributed by atoms with Crippen LogP contribution >= 0.6 is 0 Å². The van der Waals surface area contributed by atoms with Gasteiger partial charge in [-0.2, -0.15) is 0 Å². The van der Waals surface area contributed by atoms with Gasteiger partial charge >= 0.3 is 0 Å². The zero-order valence-corrected chi connectivity index (χ0v) is 11.0. The molecule has 18 heavy (non-hydrogen) atoms. The van der Waals surface area contributed by atoms with Crippen molar-refractivity contribution in [3.8, 4) is 0 Å². The molecule has 0 aromatic carbocycles. The van der Waals surface area contributed by atoms with Crippen molar-refractivity contribution in [3.05, 3.63) is 22.7 Å². The molecule has 0 saturated heterocycles. The van der Waals surface area contributed by atoms with E-state index in [1.54, 1.807) is 17.0 Å². The molecule has 0 spiro atoms. The average Bonchev–Trinajstić information content (AvgIpc) is 3.14. The first-order valence-corrected chi connectivity index (χ1v) is 6.56. The van der Waals surface area contributed by atoms with Gasteiger partial charge in [-0.1, -0.05) is 13.8 Å². The minimum Gasteiger partial charge on any atom is -0.394 e. The Hall–Kier alpha value is -1.36. The zero-order chi connectivity index (χ0) is 13.1. The molecule has 100 valence electrons. The second kappa shape index (κ2) is 5.52. The van der Waals surface area contributed by atoms with Gasteiger partial charge in [0.25, 0.3) is 5.56 Å². The molecule has 2 N–H and O–H groups in total. The molecule has 0 amide bonds. The number of rotatable bonds is 6. The standard InChI is InChI=1S/C13H21N3O2/c1-9(2)7-10(8-17)15-12-13(18)16(6-5-14-12)11-3-4-11/h5-6,9-11,17H,3-4,7-8H2,1-2H3,(H,14,15). The molecule has 1 atom stereocenters. The van der Waals surface area contributed by atoms with Gasteiger partial charge in [-0.3, -0.25) is 4.79 Å². The van der Waals surface area contributed by atoms with Crippen LogP contribution in [-0.4, -0.2) is 27.3 Å². The van der Waals surface area contributed by atoms with Crippen LogP contribution in [0.25, 0.3) is 0 Å². The highest BCUT2D eigenvalue weighted by molar-refractivity contribution is 5.32. The zero-order valence-electron chi connectivity index (χ0n) is 11.0. The Kier molecular flexibility index (Phi) is 4.01. The third kappa shape index (κ3) is 3.10. The number of nitrogens with one attached hydrogen (secondary N) is 1. The second-order valence-electron chi connectivity index (χ2n) is 5.37. The average molecular weight is 251 g/mol. The smallest absolute Gasteiger partial charge is 0.293 e. The summed E-state index contributed by atoms with van der Waals surface area (Å²) in [4.78, 5) is 16.2. The van der Waals surface area contributed by atoms with E-state index in [1.165, 1.54) is 0 Å². The summed E-state index contributed by atoms with van der Waals surface area (Å²) in [5.74, 6) is 0.813. The minimum absolute atomic E-state index is 0.0115. The summed E-state index contributed by atoms with van der Waals surface area (Å²) in [5, 5.41) is 12.4. The van der Waals surface area contributed by atoms with Crippen molar-refractivity contribution in [3.63, 3.8) is 0 Å². The van der Waals surface area contributed by atoms with Gasteiger partial charge in [0.1, 0.15) is 0 Å². The highest BCUT2D eigenvalue weighted by atomic mass is 16.3. The highest BCUT2D eigenvalue weighted by Crippen LogP contribution is 2.33. The van der Waals surface area contributed by atoms with Gasteiger partial charge in [0.2, 0.25) is 0 Å². The molecule has 1 fully saturated rings. The summed E-state index contributed by atoms with van der Waals surface area (Å²) in [6.45, 7) is 4.19. The van der Waals surface area contributed by atoms with Gasteiger partial charge in [0, 0.05) is 18.4 Å². The molecule has 1 aromatic rings. The van der Waals surface area contributed by atoms with Crippen LogP contribution in [0.2, 0.25) is 0 Å². The van der Waals surface area contributed by atoms with Crippen LogP contribution in [0.1, 0.15) is 39.2 Å². The number of anilines is 1.